The quantitative estimate of drug-likeness (QED) is 0.811. The topological polar surface area (TPSA) is 57.3 Å². The maximum absolute atomic E-state index is 12.2. The largest absolute Gasteiger partial charge is 0.378 e. The van der Waals surface area contributed by atoms with Gasteiger partial charge < -0.3 is 24.6 Å². The third-order valence-corrected chi connectivity index (χ3v) is 4.43. The Morgan fingerprint density at radius 2 is 1.50 bits per heavy atom. The number of nitrogens with one attached hydrogen (secondary N) is 1. The maximum Gasteiger partial charge on any atom is 0.331 e. The van der Waals surface area contributed by atoms with Gasteiger partial charge >= 0.3 is 6.03 Å². The number of hydrogen-bond acceptors (Lipinski definition) is 6. The highest BCUT2D eigenvalue weighted by Crippen LogP contribution is 2.37. The van der Waals surface area contributed by atoms with Crippen LogP contribution in [0.1, 0.15) is 0 Å². The van der Waals surface area contributed by atoms with Gasteiger partial charge in [0.2, 0.25) is 0 Å². The highest BCUT2D eigenvalue weighted by molar-refractivity contribution is 7.78. The smallest absolute Gasteiger partial charge is 0.331 e. The van der Waals surface area contributed by atoms with Crippen LogP contribution in [-0.4, -0.2) is 70.0 Å². The number of ether oxygens (including phenoxy) is 2. The summed E-state index contributed by atoms with van der Waals surface area (Å²) in [6, 6.07) is 5.87. The van der Waals surface area contributed by atoms with E-state index < -0.39 is 0 Å². The van der Waals surface area contributed by atoms with Crippen LogP contribution in [0.15, 0.2) is 18.2 Å². The molecule has 132 valence electrons. The number of anilines is 3. The van der Waals surface area contributed by atoms with Gasteiger partial charge in [-0.15, -0.1) is 0 Å². The second kappa shape index (κ2) is 7.96. The fourth-order valence-corrected chi connectivity index (χ4v) is 3.03. The number of carbonyl (C=O) groups excluding carboxylic acids is 1. The molecule has 0 atom stereocenters. The average molecular weight is 352 g/mol. The fourth-order valence-electron chi connectivity index (χ4n) is 2.98. The summed E-state index contributed by atoms with van der Waals surface area (Å²) >= 11 is 4.10. The summed E-state index contributed by atoms with van der Waals surface area (Å²) in [6.07, 6.45) is 0. The van der Waals surface area contributed by atoms with E-state index >= 15 is 0 Å². The molecule has 24 heavy (non-hydrogen) atoms. The molecule has 0 saturated carbocycles. The number of amides is 2. The molecule has 2 amide bonds. The lowest BCUT2D eigenvalue weighted by molar-refractivity contribution is 0.122. The Hall–Kier alpha value is -1.64. The molecule has 2 heterocycles. The zero-order chi connectivity index (χ0) is 16.9. The van der Waals surface area contributed by atoms with Crippen molar-refractivity contribution in [2.75, 3.05) is 74.8 Å². The average Bonchev–Trinajstić information content (AvgIpc) is 2.63. The van der Waals surface area contributed by atoms with Crippen molar-refractivity contribution < 1.29 is 14.3 Å². The Balaban J connectivity index is 1.95. The summed E-state index contributed by atoms with van der Waals surface area (Å²) in [6.45, 7) is 6.03. The van der Waals surface area contributed by atoms with Gasteiger partial charge in [0.15, 0.2) is 0 Å². The van der Waals surface area contributed by atoms with Crippen LogP contribution in [0.3, 0.4) is 0 Å². The Morgan fingerprint density at radius 3 is 1.92 bits per heavy atom. The summed E-state index contributed by atoms with van der Waals surface area (Å²) in [5, 5.41) is 3.02. The van der Waals surface area contributed by atoms with E-state index in [4.69, 9.17) is 9.47 Å². The second-order valence-corrected chi connectivity index (χ2v) is 6.42. The minimum Gasteiger partial charge on any atom is -0.378 e. The lowest BCUT2D eigenvalue weighted by atomic mass is 10.1. The van der Waals surface area contributed by atoms with Crippen molar-refractivity contribution in [1.29, 1.82) is 0 Å². The lowest BCUT2D eigenvalue weighted by Crippen LogP contribution is -2.39. The maximum atomic E-state index is 12.2. The number of thiol groups is 1. The molecule has 1 aromatic carbocycles. The number of benzene rings is 1. The van der Waals surface area contributed by atoms with Gasteiger partial charge in [-0.3, -0.25) is 4.31 Å². The van der Waals surface area contributed by atoms with E-state index in [1.165, 1.54) is 4.31 Å². The van der Waals surface area contributed by atoms with Crippen LogP contribution in [0.2, 0.25) is 0 Å². The van der Waals surface area contributed by atoms with Crippen molar-refractivity contribution >= 4 is 35.9 Å². The van der Waals surface area contributed by atoms with Crippen molar-refractivity contribution in [1.82, 2.24) is 4.31 Å². The predicted molar refractivity (Wildman–Crippen MR) is 98.3 cm³/mol. The first kappa shape index (κ1) is 17.2. The molecule has 2 fully saturated rings. The van der Waals surface area contributed by atoms with Crippen LogP contribution in [0.5, 0.6) is 0 Å². The molecule has 1 aromatic rings. The Labute approximate surface area is 148 Å². The van der Waals surface area contributed by atoms with Crippen LogP contribution in [0.4, 0.5) is 21.9 Å². The first-order valence-corrected chi connectivity index (χ1v) is 8.59. The number of rotatable bonds is 3. The van der Waals surface area contributed by atoms with Crippen LogP contribution < -0.4 is 15.1 Å². The first-order chi connectivity index (χ1) is 11.7. The minimum atomic E-state index is -0.256. The molecule has 2 saturated heterocycles. The van der Waals surface area contributed by atoms with Crippen molar-refractivity contribution in [3.8, 4) is 0 Å². The molecule has 3 rings (SSSR count). The second-order valence-electron chi connectivity index (χ2n) is 5.82. The SMILES string of the molecule is CN(S)C(=O)Nc1c(N2CCOCC2)cccc1N1CCOCC1. The van der Waals surface area contributed by atoms with Gasteiger partial charge in [0.1, 0.15) is 0 Å². The Bertz CT molecular complexity index is 536. The minimum absolute atomic E-state index is 0.256. The van der Waals surface area contributed by atoms with Crippen LogP contribution in [0.25, 0.3) is 0 Å². The molecule has 0 radical (unpaired) electrons. The molecule has 0 bridgehead atoms. The Morgan fingerprint density at radius 1 is 1.04 bits per heavy atom. The monoisotopic (exact) mass is 352 g/mol. The van der Waals surface area contributed by atoms with E-state index in [0.29, 0.717) is 26.4 Å². The van der Waals surface area contributed by atoms with Crippen molar-refractivity contribution in [3.05, 3.63) is 18.2 Å². The van der Waals surface area contributed by atoms with Gasteiger partial charge in [0.05, 0.1) is 43.5 Å². The van der Waals surface area contributed by atoms with E-state index in [0.717, 1.165) is 43.2 Å². The predicted octanol–water partition coefficient (Wildman–Crippen LogP) is 1.67. The van der Waals surface area contributed by atoms with Crippen LogP contribution in [-0.2, 0) is 9.47 Å². The number of nitrogens with zero attached hydrogens (tertiary/aromatic N) is 3. The van der Waals surface area contributed by atoms with Crippen LogP contribution >= 0.6 is 12.8 Å². The Kier molecular flexibility index (Phi) is 5.70. The van der Waals surface area contributed by atoms with Gasteiger partial charge in [-0.05, 0) is 12.1 Å². The van der Waals surface area contributed by atoms with Gasteiger partial charge in [0.25, 0.3) is 0 Å². The summed E-state index contributed by atoms with van der Waals surface area (Å²) in [5.41, 5.74) is 2.86. The number of para-hydroxylation sites is 1. The number of hydrogen-bond donors (Lipinski definition) is 2. The molecular weight excluding hydrogens is 328 g/mol. The van der Waals surface area contributed by atoms with E-state index in [-0.39, 0.29) is 6.03 Å². The van der Waals surface area contributed by atoms with Crippen molar-refractivity contribution in [3.63, 3.8) is 0 Å². The zero-order valence-electron chi connectivity index (χ0n) is 13.9. The molecule has 0 spiro atoms. The van der Waals surface area contributed by atoms with Crippen molar-refractivity contribution in [2.24, 2.45) is 0 Å². The lowest BCUT2D eigenvalue weighted by Gasteiger charge is -2.35. The fraction of sp³-hybridized carbons (Fsp3) is 0.562. The first-order valence-electron chi connectivity index (χ1n) is 8.19. The van der Waals surface area contributed by atoms with E-state index in [1.54, 1.807) is 7.05 Å². The number of morpholine rings is 2. The molecule has 0 unspecified atom stereocenters. The number of carbonyl (C=O) groups is 1. The van der Waals surface area contributed by atoms with Gasteiger partial charge in [-0.2, -0.15) is 0 Å². The summed E-state index contributed by atoms with van der Waals surface area (Å²) in [4.78, 5) is 16.7. The molecule has 0 aliphatic carbocycles. The third kappa shape index (κ3) is 3.88. The zero-order valence-corrected chi connectivity index (χ0v) is 14.8. The molecular formula is C16H24N4O3S. The summed E-state index contributed by atoms with van der Waals surface area (Å²) in [5.74, 6) is 0. The van der Waals surface area contributed by atoms with E-state index in [2.05, 4.69) is 27.9 Å². The molecule has 0 aromatic heterocycles. The highest BCUT2D eigenvalue weighted by Gasteiger charge is 2.23. The molecule has 7 nitrogen and oxygen atoms in total. The highest BCUT2D eigenvalue weighted by atomic mass is 32.1. The van der Waals surface area contributed by atoms with Gasteiger partial charge in [-0.25, -0.2) is 4.79 Å². The third-order valence-electron chi connectivity index (χ3n) is 4.25. The normalized spacial score (nSPS) is 18.4. The van der Waals surface area contributed by atoms with Gasteiger partial charge in [0, 0.05) is 33.2 Å². The summed E-state index contributed by atoms with van der Waals surface area (Å²) < 4.78 is 12.2. The molecule has 2 aliphatic heterocycles. The van der Waals surface area contributed by atoms with E-state index in [1.807, 2.05) is 18.2 Å². The summed E-state index contributed by atoms with van der Waals surface area (Å²) in [7, 11) is 1.62. The van der Waals surface area contributed by atoms with Crippen LogP contribution in [0, 0.1) is 0 Å². The van der Waals surface area contributed by atoms with Gasteiger partial charge in [-0.1, -0.05) is 18.9 Å². The van der Waals surface area contributed by atoms with E-state index in [9.17, 15) is 4.79 Å². The standard InChI is InChI=1S/C16H24N4O3S/c1-18(24)16(21)17-15-13(19-5-9-22-10-6-19)3-2-4-14(15)20-7-11-23-12-8-20/h2-4,24H,5-12H2,1H3,(H,17,21). The number of urea groups is 1. The molecule has 1 N–H and O–H groups in total. The van der Waals surface area contributed by atoms with Crippen molar-refractivity contribution in [2.45, 2.75) is 0 Å². The molecule has 8 heteroatoms. The molecule has 2 aliphatic rings.